The Balaban J connectivity index is 1.96. The predicted octanol–water partition coefficient (Wildman–Crippen LogP) is 2.08. The maximum absolute atomic E-state index is 6.12. The van der Waals surface area contributed by atoms with Crippen molar-refractivity contribution in [3.05, 3.63) is 16.5 Å². The van der Waals surface area contributed by atoms with Gasteiger partial charge in [0.15, 0.2) is 0 Å². The van der Waals surface area contributed by atoms with E-state index < -0.39 is 0 Å². The number of fused-ring (bicyclic) bond motifs is 1. The zero-order valence-electron chi connectivity index (χ0n) is 12.3. The summed E-state index contributed by atoms with van der Waals surface area (Å²) in [5, 5.41) is 0.350. The van der Waals surface area contributed by atoms with E-state index in [4.69, 9.17) is 16.3 Å². The predicted molar refractivity (Wildman–Crippen MR) is 79.1 cm³/mol. The lowest BCUT2D eigenvalue weighted by molar-refractivity contribution is 0.0983. The van der Waals surface area contributed by atoms with Gasteiger partial charge in [0.1, 0.15) is 5.82 Å². The van der Waals surface area contributed by atoms with Crippen molar-refractivity contribution >= 4 is 17.4 Å². The Labute approximate surface area is 124 Å². The molecule has 0 saturated carbocycles. The summed E-state index contributed by atoms with van der Waals surface area (Å²) >= 11 is 6.12. The average Bonchev–Trinajstić information content (AvgIpc) is 2.82. The van der Waals surface area contributed by atoms with Gasteiger partial charge in [0.05, 0.1) is 24.9 Å². The topological polar surface area (TPSA) is 41.5 Å². The number of hydrogen-bond donors (Lipinski definition) is 0. The van der Waals surface area contributed by atoms with Crippen LogP contribution in [0.25, 0.3) is 0 Å². The summed E-state index contributed by atoms with van der Waals surface area (Å²) in [4.78, 5) is 13.6. The second-order valence-corrected chi connectivity index (χ2v) is 6.20. The first-order valence-electron chi connectivity index (χ1n) is 7.20. The molecule has 2 aliphatic heterocycles. The molecule has 0 amide bonds. The quantitative estimate of drug-likeness (QED) is 0.782. The molecule has 1 atom stereocenters. The largest absolute Gasteiger partial charge is 0.377 e. The highest BCUT2D eigenvalue weighted by atomic mass is 35.5. The van der Waals surface area contributed by atoms with Crippen molar-refractivity contribution in [2.45, 2.75) is 45.9 Å². The number of halogens is 1. The monoisotopic (exact) mass is 296 g/mol. The van der Waals surface area contributed by atoms with Crippen LogP contribution in [-0.2, 0) is 17.8 Å². The first-order chi connectivity index (χ1) is 9.56. The van der Waals surface area contributed by atoms with Gasteiger partial charge in [-0.15, -0.1) is 0 Å². The van der Waals surface area contributed by atoms with Crippen LogP contribution in [0.1, 0.15) is 32.0 Å². The number of anilines is 1. The van der Waals surface area contributed by atoms with E-state index in [2.05, 4.69) is 40.5 Å². The molecule has 1 unspecified atom stereocenters. The van der Waals surface area contributed by atoms with Crippen molar-refractivity contribution in [3.63, 3.8) is 0 Å². The highest BCUT2D eigenvalue weighted by Gasteiger charge is 2.31. The van der Waals surface area contributed by atoms with Gasteiger partial charge < -0.3 is 9.64 Å². The van der Waals surface area contributed by atoms with Gasteiger partial charge >= 0.3 is 0 Å². The smallest absolute Gasteiger partial charge is 0.224 e. The van der Waals surface area contributed by atoms with E-state index in [1.807, 2.05) is 0 Å². The van der Waals surface area contributed by atoms with Crippen LogP contribution < -0.4 is 4.90 Å². The summed E-state index contributed by atoms with van der Waals surface area (Å²) in [7, 11) is 0. The number of nitrogens with zero attached hydrogens (tertiary/aromatic N) is 4. The summed E-state index contributed by atoms with van der Waals surface area (Å²) < 4.78 is 5.51. The van der Waals surface area contributed by atoms with Gasteiger partial charge in [-0.2, -0.15) is 0 Å². The average molecular weight is 297 g/mol. The minimum atomic E-state index is 0.326. The van der Waals surface area contributed by atoms with E-state index in [0.29, 0.717) is 17.4 Å². The van der Waals surface area contributed by atoms with Crippen molar-refractivity contribution in [2.75, 3.05) is 24.7 Å². The highest BCUT2D eigenvalue weighted by Crippen LogP contribution is 2.32. The second-order valence-electron chi connectivity index (χ2n) is 5.86. The second kappa shape index (κ2) is 5.47. The molecule has 5 nitrogen and oxygen atoms in total. The van der Waals surface area contributed by atoms with Gasteiger partial charge in [0.25, 0.3) is 0 Å². The molecule has 0 aliphatic carbocycles. The molecule has 0 radical (unpaired) electrons. The molecule has 1 aromatic heterocycles. The molecule has 0 aromatic carbocycles. The molecule has 1 fully saturated rings. The standard InChI is InChI=1S/C14H21ClN4O/c1-9(2)18-6-11-12(7-18)16-14(15)17-13(11)19-4-5-20-8-10(19)3/h9-10H,4-8H2,1-3H3. The number of rotatable bonds is 2. The first-order valence-corrected chi connectivity index (χ1v) is 7.57. The zero-order valence-corrected chi connectivity index (χ0v) is 13.0. The molecule has 6 heteroatoms. The van der Waals surface area contributed by atoms with Crippen molar-refractivity contribution in [2.24, 2.45) is 0 Å². The summed E-state index contributed by atoms with van der Waals surface area (Å²) in [5.41, 5.74) is 2.31. The molecular formula is C14H21ClN4O. The molecule has 110 valence electrons. The number of ether oxygens (including phenoxy) is 1. The molecular weight excluding hydrogens is 276 g/mol. The Kier molecular flexibility index (Phi) is 3.84. The molecule has 0 bridgehead atoms. The fraction of sp³-hybridized carbons (Fsp3) is 0.714. The van der Waals surface area contributed by atoms with Crippen LogP contribution in [0.5, 0.6) is 0 Å². The summed E-state index contributed by atoms with van der Waals surface area (Å²) in [6, 6.07) is 0.824. The fourth-order valence-electron chi connectivity index (χ4n) is 2.88. The highest BCUT2D eigenvalue weighted by molar-refractivity contribution is 6.28. The third-order valence-corrected chi connectivity index (χ3v) is 4.30. The van der Waals surface area contributed by atoms with E-state index in [0.717, 1.165) is 44.4 Å². The number of hydrogen-bond acceptors (Lipinski definition) is 5. The van der Waals surface area contributed by atoms with Crippen LogP contribution in [0.3, 0.4) is 0 Å². The Bertz CT molecular complexity index is 508. The van der Waals surface area contributed by atoms with Crippen molar-refractivity contribution in [1.82, 2.24) is 14.9 Å². The summed E-state index contributed by atoms with van der Waals surface area (Å²) in [5.74, 6) is 0.999. The van der Waals surface area contributed by atoms with E-state index in [1.54, 1.807) is 0 Å². The molecule has 1 saturated heterocycles. The normalized spacial score (nSPS) is 23.4. The van der Waals surface area contributed by atoms with E-state index in [9.17, 15) is 0 Å². The first kappa shape index (κ1) is 14.0. The maximum Gasteiger partial charge on any atom is 0.224 e. The van der Waals surface area contributed by atoms with E-state index in [1.165, 1.54) is 5.56 Å². The molecule has 3 rings (SSSR count). The molecule has 1 aromatic rings. The van der Waals surface area contributed by atoms with Crippen LogP contribution in [0.15, 0.2) is 0 Å². The van der Waals surface area contributed by atoms with Gasteiger partial charge in [-0.05, 0) is 32.4 Å². The molecule has 20 heavy (non-hydrogen) atoms. The number of aromatic nitrogens is 2. The van der Waals surface area contributed by atoms with Gasteiger partial charge in [-0.1, -0.05) is 0 Å². The van der Waals surface area contributed by atoms with E-state index in [-0.39, 0.29) is 0 Å². The van der Waals surface area contributed by atoms with Crippen LogP contribution in [0.2, 0.25) is 5.28 Å². The Morgan fingerprint density at radius 1 is 1.30 bits per heavy atom. The molecule has 0 spiro atoms. The lowest BCUT2D eigenvalue weighted by Gasteiger charge is -2.35. The Hall–Kier alpha value is -0.910. The lowest BCUT2D eigenvalue weighted by atomic mass is 10.2. The lowest BCUT2D eigenvalue weighted by Crippen LogP contribution is -2.44. The van der Waals surface area contributed by atoms with Crippen LogP contribution >= 0.6 is 11.6 Å². The van der Waals surface area contributed by atoms with Crippen molar-refractivity contribution in [3.8, 4) is 0 Å². The minimum absolute atomic E-state index is 0.326. The van der Waals surface area contributed by atoms with Gasteiger partial charge in [-0.3, -0.25) is 4.90 Å². The zero-order chi connectivity index (χ0) is 14.3. The third kappa shape index (κ3) is 2.50. The maximum atomic E-state index is 6.12. The SMILES string of the molecule is CC(C)N1Cc2nc(Cl)nc(N3CCOCC3C)c2C1. The molecule has 3 heterocycles. The molecule has 0 N–H and O–H groups in total. The Morgan fingerprint density at radius 3 is 2.80 bits per heavy atom. The van der Waals surface area contributed by atoms with Gasteiger partial charge in [0.2, 0.25) is 5.28 Å². The Morgan fingerprint density at radius 2 is 2.10 bits per heavy atom. The van der Waals surface area contributed by atoms with Crippen LogP contribution in [0, 0.1) is 0 Å². The van der Waals surface area contributed by atoms with Gasteiger partial charge in [-0.25, -0.2) is 9.97 Å². The molecule has 2 aliphatic rings. The summed E-state index contributed by atoms with van der Waals surface area (Å²) in [6.45, 7) is 10.7. The van der Waals surface area contributed by atoms with E-state index >= 15 is 0 Å². The van der Waals surface area contributed by atoms with Gasteiger partial charge in [0, 0.05) is 31.2 Å². The van der Waals surface area contributed by atoms with Crippen molar-refractivity contribution in [1.29, 1.82) is 0 Å². The summed E-state index contributed by atoms with van der Waals surface area (Å²) in [6.07, 6.45) is 0. The fourth-order valence-corrected chi connectivity index (χ4v) is 3.06. The third-order valence-electron chi connectivity index (χ3n) is 4.13. The number of morpholine rings is 1. The van der Waals surface area contributed by atoms with Crippen LogP contribution in [0.4, 0.5) is 5.82 Å². The van der Waals surface area contributed by atoms with Crippen molar-refractivity contribution < 1.29 is 4.74 Å². The van der Waals surface area contributed by atoms with Crippen LogP contribution in [-0.4, -0.2) is 46.7 Å². The minimum Gasteiger partial charge on any atom is -0.377 e.